The Balaban J connectivity index is 2.15. The fraction of sp³-hybridized carbons (Fsp3) is 0.267. The molecule has 0 amide bonds. The summed E-state index contributed by atoms with van der Waals surface area (Å²) in [6.07, 6.45) is 0. The van der Waals surface area contributed by atoms with Gasteiger partial charge >= 0.3 is 5.97 Å². The van der Waals surface area contributed by atoms with E-state index in [4.69, 9.17) is 9.84 Å². The van der Waals surface area contributed by atoms with Crippen molar-refractivity contribution in [2.24, 2.45) is 5.92 Å². The van der Waals surface area contributed by atoms with Gasteiger partial charge in [-0.3, -0.25) is 4.79 Å². The fourth-order valence-electron chi connectivity index (χ4n) is 1.82. The molecule has 19 heavy (non-hydrogen) atoms. The van der Waals surface area contributed by atoms with E-state index in [1.54, 1.807) is 14.0 Å². The molecule has 1 atom stereocenters. The van der Waals surface area contributed by atoms with Gasteiger partial charge in [0.15, 0.2) is 0 Å². The molecule has 2 N–H and O–H groups in total. The van der Waals surface area contributed by atoms with Crippen LogP contribution in [0.1, 0.15) is 6.92 Å². The van der Waals surface area contributed by atoms with Crippen LogP contribution >= 0.6 is 0 Å². The number of hydrogen-bond donors (Lipinski definition) is 2. The maximum absolute atomic E-state index is 10.7. The second-order valence-electron chi connectivity index (χ2n) is 4.55. The summed E-state index contributed by atoms with van der Waals surface area (Å²) in [5, 5.41) is 14.2. The van der Waals surface area contributed by atoms with Gasteiger partial charge in [-0.15, -0.1) is 0 Å². The topological polar surface area (TPSA) is 58.6 Å². The molecule has 0 aliphatic rings. The number of rotatable bonds is 5. The zero-order valence-corrected chi connectivity index (χ0v) is 11.0. The molecule has 0 aromatic heterocycles. The predicted molar refractivity (Wildman–Crippen MR) is 75.8 cm³/mol. The summed E-state index contributed by atoms with van der Waals surface area (Å²) in [4.78, 5) is 10.7. The third-order valence-electron chi connectivity index (χ3n) is 3.08. The quantitative estimate of drug-likeness (QED) is 0.866. The number of anilines is 1. The summed E-state index contributed by atoms with van der Waals surface area (Å²) in [6.45, 7) is 2.10. The normalized spacial score (nSPS) is 12.1. The van der Waals surface area contributed by atoms with E-state index in [1.807, 2.05) is 36.4 Å². The van der Waals surface area contributed by atoms with Crippen molar-refractivity contribution in [1.82, 2.24) is 0 Å². The van der Waals surface area contributed by atoms with Crippen molar-refractivity contribution in [2.75, 3.05) is 19.0 Å². The third-order valence-corrected chi connectivity index (χ3v) is 3.08. The number of nitrogens with one attached hydrogen (secondary N) is 1. The third kappa shape index (κ3) is 3.16. The second-order valence-corrected chi connectivity index (χ2v) is 4.55. The highest BCUT2D eigenvalue weighted by Gasteiger charge is 2.09. The standard InChI is InChI=1S/C15H17NO3/c1-10(15(17)18)9-16-13-5-3-12-8-14(19-2)6-4-11(12)7-13/h3-8,10,16H,9H2,1-2H3,(H,17,18). The largest absolute Gasteiger partial charge is 0.497 e. The summed E-state index contributed by atoms with van der Waals surface area (Å²) in [5.41, 5.74) is 0.922. The van der Waals surface area contributed by atoms with Gasteiger partial charge in [-0.2, -0.15) is 0 Å². The number of methoxy groups -OCH3 is 1. The molecule has 0 saturated heterocycles. The van der Waals surface area contributed by atoms with Gasteiger partial charge < -0.3 is 15.2 Å². The molecule has 1 unspecified atom stereocenters. The minimum Gasteiger partial charge on any atom is -0.497 e. The Morgan fingerprint density at radius 3 is 2.63 bits per heavy atom. The van der Waals surface area contributed by atoms with Crippen LogP contribution in [-0.4, -0.2) is 24.7 Å². The van der Waals surface area contributed by atoms with E-state index in [1.165, 1.54) is 0 Å². The van der Waals surface area contributed by atoms with Crippen LogP contribution in [0.4, 0.5) is 5.69 Å². The van der Waals surface area contributed by atoms with Crippen LogP contribution in [0, 0.1) is 5.92 Å². The number of hydrogen-bond acceptors (Lipinski definition) is 3. The van der Waals surface area contributed by atoms with Crippen LogP contribution in [0.15, 0.2) is 36.4 Å². The highest BCUT2D eigenvalue weighted by atomic mass is 16.5. The molecular weight excluding hydrogens is 242 g/mol. The molecular formula is C15H17NO3. The van der Waals surface area contributed by atoms with Crippen molar-refractivity contribution in [3.8, 4) is 5.75 Å². The lowest BCUT2D eigenvalue weighted by Gasteiger charge is -2.10. The van der Waals surface area contributed by atoms with Gasteiger partial charge in [0.1, 0.15) is 5.75 Å². The second kappa shape index (κ2) is 5.61. The van der Waals surface area contributed by atoms with Gasteiger partial charge in [-0.05, 0) is 35.0 Å². The number of carboxylic acid groups (broad SMARTS) is 1. The van der Waals surface area contributed by atoms with Crippen molar-refractivity contribution in [3.63, 3.8) is 0 Å². The van der Waals surface area contributed by atoms with Crippen LogP contribution in [0.25, 0.3) is 10.8 Å². The van der Waals surface area contributed by atoms with E-state index in [0.29, 0.717) is 6.54 Å². The molecule has 0 radical (unpaired) electrons. The average molecular weight is 259 g/mol. The van der Waals surface area contributed by atoms with Gasteiger partial charge in [-0.25, -0.2) is 0 Å². The molecule has 2 aromatic rings. The van der Waals surface area contributed by atoms with E-state index in [-0.39, 0.29) is 0 Å². The Kier molecular flexibility index (Phi) is 3.90. The Labute approximate surface area is 112 Å². The highest BCUT2D eigenvalue weighted by molar-refractivity contribution is 5.87. The van der Waals surface area contributed by atoms with Crippen molar-refractivity contribution in [2.45, 2.75) is 6.92 Å². The van der Waals surface area contributed by atoms with Crippen molar-refractivity contribution in [3.05, 3.63) is 36.4 Å². The number of fused-ring (bicyclic) bond motifs is 1. The summed E-state index contributed by atoms with van der Waals surface area (Å²) in [5.74, 6) is -0.378. The first kappa shape index (κ1) is 13.2. The van der Waals surface area contributed by atoms with Crippen LogP contribution < -0.4 is 10.1 Å². The van der Waals surface area contributed by atoms with Gasteiger partial charge in [0, 0.05) is 12.2 Å². The number of aliphatic carboxylic acids is 1. The van der Waals surface area contributed by atoms with Crippen LogP contribution in [0.2, 0.25) is 0 Å². The lowest BCUT2D eigenvalue weighted by molar-refractivity contribution is -0.140. The predicted octanol–water partition coefficient (Wildman–Crippen LogP) is 2.98. The first-order valence-corrected chi connectivity index (χ1v) is 6.14. The summed E-state index contributed by atoms with van der Waals surface area (Å²) >= 11 is 0. The molecule has 2 aromatic carbocycles. The number of ether oxygens (including phenoxy) is 1. The Morgan fingerprint density at radius 2 is 1.95 bits per heavy atom. The van der Waals surface area contributed by atoms with Crippen molar-refractivity contribution < 1.29 is 14.6 Å². The zero-order chi connectivity index (χ0) is 13.8. The number of carboxylic acids is 1. The molecule has 0 bridgehead atoms. The minimum absolute atomic E-state index is 0.411. The molecule has 2 rings (SSSR count). The van der Waals surface area contributed by atoms with Crippen LogP contribution in [-0.2, 0) is 4.79 Å². The van der Waals surface area contributed by atoms with Crippen molar-refractivity contribution >= 4 is 22.4 Å². The Morgan fingerprint density at radius 1 is 1.26 bits per heavy atom. The highest BCUT2D eigenvalue weighted by Crippen LogP contribution is 2.23. The average Bonchev–Trinajstić information content (AvgIpc) is 2.43. The molecule has 0 saturated carbocycles. The molecule has 0 aliphatic carbocycles. The first-order valence-electron chi connectivity index (χ1n) is 6.14. The van der Waals surface area contributed by atoms with Gasteiger partial charge in [-0.1, -0.05) is 19.1 Å². The fourth-order valence-corrected chi connectivity index (χ4v) is 1.82. The molecule has 0 heterocycles. The molecule has 0 fully saturated rings. The lowest BCUT2D eigenvalue weighted by atomic mass is 10.1. The van der Waals surface area contributed by atoms with Gasteiger partial charge in [0.2, 0.25) is 0 Å². The molecule has 100 valence electrons. The maximum Gasteiger partial charge on any atom is 0.308 e. The SMILES string of the molecule is COc1ccc2cc(NCC(C)C(=O)O)ccc2c1. The van der Waals surface area contributed by atoms with Gasteiger partial charge in [0.05, 0.1) is 13.0 Å². The van der Waals surface area contributed by atoms with Crippen LogP contribution in [0.3, 0.4) is 0 Å². The molecule has 4 nitrogen and oxygen atoms in total. The smallest absolute Gasteiger partial charge is 0.308 e. The monoisotopic (exact) mass is 259 g/mol. The maximum atomic E-state index is 10.7. The van der Waals surface area contributed by atoms with Crippen molar-refractivity contribution in [1.29, 1.82) is 0 Å². The summed E-state index contributed by atoms with van der Waals surface area (Å²) in [6, 6.07) is 11.8. The van der Waals surface area contributed by atoms with E-state index < -0.39 is 11.9 Å². The summed E-state index contributed by atoms with van der Waals surface area (Å²) < 4.78 is 5.18. The molecule has 0 spiro atoms. The minimum atomic E-state index is -0.793. The number of benzene rings is 2. The van der Waals surface area contributed by atoms with E-state index in [9.17, 15) is 4.79 Å². The van der Waals surface area contributed by atoms with E-state index >= 15 is 0 Å². The zero-order valence-electron chi connectivity index (χ0n) is 11.0. The van der Waals surface area contributed by atoms with E-state index in [0.717, 1.165) is 22.2 Å². The Bertz CT molecular complexity index is 595. The van der Waals surface area contributed by atoms with E-state index in [2.05, 4.69) is 5.32 Å². The Hall–Kier alpha value is -2.23. The summed E-state index contributed by atoms with van der Waals surface area (Å²) in [7, 11) is 1.64. The molecule has 0 aliphatic heterocycles. The van der Waals surface area contributed by atoms with Crippen LogP contribution in [0.5, 0.6) is 5.75 Å². The van der Waals surface area contributed by atoms with Gasteiger partial charge in [0.25, 0.3) is 0 Å². The molecule has 4 heteroatoms. The number of carbonyl (C=O) groups is 1. The first-order chi connectivity index (χ1) is 9.10. The lowest BCUT2D eigenvalue weighted by Crippen LogP contribution is -2.19.